The van der Waals surface area contributed by atoms with E-state index in [1.165, 1.54) is 7.11 Å². The van der Waals surface area contributed by atoms with Crippen molar-refractivity contribution in [3.8, 4) is 0 Å². The Bertz CT molecular complexity index is 455. The fraction of sp³-hybridized carbons (Fsp3) is 0.895. The Balaban J connectivity index is 2.80. The number of hydrogen-bond acceptors (Lipinski definition) is 5. The number of amides is 1. The van der Waals surface area contributed by atoms with E-state index in [2.05, 4.69) is 19.2 Å². The van der Waals surface area contributed by atoms with Crippen LogP contribution in [0.1, 0.15) is 73.1 Å². The largest absolute Gasteiger partial charge is 0.467 e. The van der Waals surface area contributed by atoms with Crippen LogP contribution in [0, 0.1) is 11.8 Å². The molecule has 1 fully saturated rings. The third-order valence-corrected chi connectivity index (χ3v) is 5.09. The summed E-state index contributed by atoms with van der Waals surface area (Å²) in [6.07, 6.45) is 4.03. The first-order valence-electron chi connectivity index (χ1n) is 9.35. The Hall–Kier alpha value is -1.30. The highest BCUT2D eigenvalue weighted by atomic mass is 16.6. The number of hydrogen-bond donors (Lipinski definition) is 2. The summed E-state index contributed by atoms with van der Waals surface area (Å²) in [6.45, 7) is 9.75. The SMILES string of the molecule is CCC(CC)CCC1CC(O)(C(=O)OC)CC1NC(=O)OC(C)(C)C. The number of nitrogens with one attached hydrogen (secondary N) is 1. The molecule has 0 spiro atoms. The number of alkyl carbamates (subject to hydrolysis) is 1. The highest BCUT2D eigenvalue weighted by Gasteiger charge is 2.50. The molecule has 0 aromatic carbocycles. The van der Waals surface area contributed by atoms with Gasteiger partial charge in [-0.15, -0.1) is 0 Å². The summed E-state index contributed by atoms with van der Waals surface area (Å²) in [5, 5.41) is 13.5. The van der Waals surface area contributed by atoms with Crippen molar-refractivity contribution in [2.24, 2.45) is 11.8 Å². The number of esters is 1. The predicted molar refractivity (Wildman–Crippen MR) is 96.2 cm³/mol. The van der Waals surface area contributed by atoms with E-state index in [4.69, 9.17) is 9.47 Å². The van der Waals surface area contributed by atoms with Crippen LogP contribution >= 0.6 is 0 Å². The molecule has 2 N–H and O–H groups in total. The molecule has 25 heavy (non-hydrogen) atoms. The zero-order valence-corrected chi connectivity index (χ0v) is 16.6. The Kier molecular flexibility index (Phi) is 7.72. The molecule has 0 heterocycles. The van der Waals surface area contributed by atoms with Gasteiger partial charge in [0, 0.05) is 12.5 Å². The summed E-state index contributed by atoms with van der Waals surface area (Å²) in [6, 6.07) is -0.298. The van der Waals surface area contributed by atoms with Crippen molar-refractivity contribution < 1.29 is 24.2 Å². The summed E-state index contributed by atoms with van der Waals surface area (Å²) >= 11 is 0. The zero-order chi connectivity index (χ0) is 19.3. The first-order chi connectivity index (χ1) is 11.5. The topological polar surface area (TPSA) is 84.9 Å². The van der Waals surface area contributed by atoms with Crippen molar-refractivity contribution >= 4 is 12.1 Å². The van der Waals surface area contributed by atoms with Crippen molar-refractivity contribution in [3.05, 3.63) is 0 Å². The van der Waals surface area contributed by atoms with E-state index in [0.29, 0.717) is 12.3 Å². The van der Waals surface area contributed by atoms with Crippen molar-refractivity contribution in [1.82, 2.24) is 5.32 Å². The highest BCUT2D eigenvalue weighted by molar-refractivity contribution is 5.80. The van der Waals surface area contributed by atoms with Crippen LogP contribution in [0.25, 0.3) is 0 Å². The Morgan fingerprint density at radius 3 is 2.32 bits per heavy atom. The smallest absolute Gasteiger partial charge is 0.407 e. The number of rotatable bonds is 7. The summed E-state index contributed by atoms with van der Waals surface area (Å²) in [5.41, 5.74) is -2.13. The van der Waals surface area contributed by atoms with Gasteiger partial charge in [-0.1, -0.05) is 33.1 Å². The average Bonchev–Trinajstić information content (AvgIpc) is 2.82. The molecule has 0 radical (unpaired) electrons. The molecule has 6 nitrogen and oxygen atoms in total. The molecule has 1 aliphatic carbocycles. The molecule has 1 amide bonds. The molecule has 0 aromatic rings. The molecule has 6 heteroatoms. The molecule has 3 atom stereocenters. The molecule has 1 aliphatic rings. The van der Waals surface area contributed by atoms with Crippen LogP contribution in [-0.4, -0.2) is 41.5 Å². The maximum absolute atomic E-state index is 12.1. The second-order valence-corrected chi connectivity index (χ2v) is 8.20. The van der Waals surface area contributed by atoms with Gasteiger partial charge in [-0.2, -0.15) is 0 Å². The van der Waals surface area contributed by atoms with Gasteiger partial charge < -0.3 is 19.9 Å². The molecule has 0 saturated heterocycles. The van der Waals surface area contributed by atoms with Crippen LogP contribution in [0.5, 0.6) is 0 Å². The third-order valence-electron chi connectivity index (χ3n) is 5.09. The lowest BCUT2D eigenvalue weighted by molar-refractivity contribution is -0.162. The van der Waals surface area contributed by atoms with Gasteiger partial charge in [0.1, 0.15) is 5.60 Å². The molecule has 1 rings (SSSR count). The third kappa shape index (κ3) is 6.49. The van der Waals surface area contributed by atoms with Crippen LogP contribution in [0.2, 0.25) is 0 Å². The number of ether oxygens (including phenoxy) is 2. The van der Waals surface area contributed by atoms with Crippen molar-refractivity contribution in [2.45, 2.75) is 90.4 Å². The number of carbonyl (C=O) groups is 2. The van der Waals surface area contributed by atoms with Crippen LogP contribution in [0.3, 0.4) is 0 Å². The van der Waals surface area contributed by atoms with Gasteiger partial charge in [0.25, 0.3) is 0 Å². The summed E-state index contributed by atoms with van der Waals surface area (Å²) in [4.78, 5) is 24.1. The zero-order valence-electron chi connectivity index (χ0n) is 16.6. The first kappa shape index (κ1) is 21.7. The minimum Gasteiger partial charge on any atom is -0.467 e. The fourth-order valence-electron chi connectivity index (χ4n) is 3.62. The molecule has 0 bridgehead atoms. The Morgan fingerprint density at radius 2 is 1.84 bits per heavy atom. The van der Waals surface area contributed by atoms with E-state index in [1.54, 1.807) is 20.8 Å². The predicted octanol–water partition coefficient (Wildman–Crippen LogP) is 3.41. The van der Waals surface area contributed by atoms with E-state index in [1.807, 2.05) is 0 Å². The molecule has 0 aromatic heterocycles. The van der Waals surface area contributed by atoms with Gasteiger partial charge in [-0.3, -0.25) is 0 Å². The van der Waals surface area contributed by atoms with Gasteiger partial charge in [-0.05, 0) is 45.4 Å². The van der Waals surface area contributed by atoms with E-state index >= 15 is 0 Å². The maximum Gasteiger partial charge on any atom is 0.407 e. The van der Waals surface area contributed by atoms with Gasteiger partial charge in [0.2, 0.25) is 0 Å². The highest BCUT2D eigenvalue weighted by Crippen LogP contribution is 2.39. The molecular weight excluding hydrogens is 322 g/mol. The van der Waals surface area contributed by atoms with Crippen LogP contribution in [-0.2, 0) is 14.3 Å². The normalized spacial score (nSPS) is 26.6. The van der Waals surface area contributed by atoms with E-state index < -0.39 is 23.3 Å². The average molecular weight is 357 g/mol. The van der Waals surface area contributed by atoms with Gasteiger partial charge in [0.05, 0.1) is 7.11 Å². The fourth-order valence-corrected chi connectivity index (χ4v) is 3.62. The molecule has 1 saturated carbocycles. The number of carbonyl (C=O) groups excluding carboxylic acids is 2. The molecule has 146 valence electrons. The number of methoxy groups -OCH3 is 1. The van der Waals surface area contributed by atoms with Gasteiger partial charge >= 0.3 is 12.1 Å². The lowest BCUT2D eigenvalue weighted by Gasteiger charge is -2.25. The van der Waals surface area contributed by atoms with Gasteiger partial charge in [0.15, 0.2) is 5.60 Å². The minimum absolute atomic E-state index is 0.0252. The van der Waals surface area contributed by atoms with E-state index in [9.17, 15) is 14.7 Å². The van der Waals surface area contributed by atoms with E-state index in [0.717, 1.165) is 25.7 Å². The monoisotopic (exact) mass is 357 g/mol. The van der Waals surface area contributed by atoms with Crippen molar-refractivity contribution in [3.63, 3.8) is 0 Å². The lowest BCUT2D eigenvalue weighted by atomic mass is 9.89. The standard InChI is InChI=1S/C19H35NO5/c1-7-13(8-2)9-10-14-11-19(23,16(21)24-6)12-15(14)20-17(22)25-18(3,4)5/h13-15,23H,7-12H2,1-6H3,(H,20,22). The van der Waals surface area contributed by atoms with Crippen molar-refractivity contribution in [2.75, 3.05) is 7.11 Å². The van der Waals surface area contributed by atoms with Crippen LogP contribution in [0.4, 0.5) is 4.79 Å². The summed E-state index contributed by atoms with van der Waals surface area (Å²) in [7, 11) is 1.27. The molecular formula is C19H35NO5. The first-order valence-corrected chi connectivity index (χ1v) is 9.35. The summed E-state index contributed by atoms with van der Waals surface area (Å²) in [5.74, 6) is 0.0136. The molecule has 0 aliphatic heterocycles. The van der Waals surface area contributed by atoms with Crippen molar-refractivity contribution in [1.29, 1.82) is 0 Å². The quantitative estimate of drug-likeness (QED) is 0.682. The number of aliphatic hydroxyl groups is 1. The van der Waals surface area contributed by atoms with Crippen LogP contribution < -0.4 is 5.32 Å². The minimum atomic E-state index is -1.53. The second-order valence-electron chi connectivity index (χ2n) is 8.20. The Morgan fingerprint density at radius 1 is 1.24 bits per heavy atom. The second kappa shape index (κ2) is 8.88. The Labute approximate surface area is 151 Å². The maximum atomic E-state index is 12.1. The van der Waals surface area contributed by atoms with E-state index in [-0.39, 0.29) is 18.4 Å². The van der Waals surface area contributed by atoms with Crippen LogP contribution in [0.15, 0.2) is 0 Å². The molecule has 3 unspecified atom stereocenters. The lowest BCUT2D eigenvalue weighted by Crippen LogP contribution is -2.43. The summed E-state index contributed by atoms with van der Waals surface area (Å²) < 4.78 is 10.1. The van der Waals surface area contributed by atoms with Gasteiger partial charge in [-0.25, -0.2) is 9.59 Å².